The van der Waals surface area contributed by atoms with Gasteiger partial charge in [-0.1, -0.05) is 25.0 Å². The SMILES string of the molecule is CC1=CC(C)CC(C(O)C2(C#N)CCC2)C1. The summed E-state index contributed by atoms with van der Waals surface area (Å²) in [6, 6.07) is 2.37. The predicted octanol–water partition coefficient (Wildman–Crippen LogP) is 3.03. The van der Waals surface area contributed by atoms with E-state index in [2.05, 4.69) is 26.0 Å². The molecule has 0 aromatic rings. The Kier molecular flexibility index (Phi) is 3.08. The van der Waals surface area contributed by atoms with E-state index in [0.29, 0.717) is 11.8 Å². The molecule has 1 fully saturated rings. The van der Waals surface area contributed by atoms with Gasteiger partial charge in [-0.2, -0.15) is 5.26 Å². The largest absolute Gasteiger partial charge is 0.391 e. The van der Waals surface area contributed by atoms with Gasteiger partial charge in [0, 0.05) is 0 Å². The molecule has 2 nitrogen and oxygen atoms in total. The Labute approximate surface area is 98.0 Å². The Hall–Kier alpha value is -0.810. The molecule has 0 spiro atoms. The van der Waals surface area contributed by atoms with Crippen molar-refractivity contribution >= 4 is 0 Å². The molecule has 16 heavy (non-hydrogen) atoms. The van der Waals surface area contributed by atoms with Crippen molar-refractivity contribution in [3.63, 3.8) is 0 Å². The van der Waals surface area contributed by atoms with E-state index in [-0.39, 0.29) is 0 Å². The quantitative estimate of drug-likeness (QED) is 0.725. The molecule has 88 valence electrons. The van der Waals surface area contributed by atoms with Gasteiger partial charge in [-0.05, 0) is 44.4 Å². The second-order valence-corrected chi connectivity index (χ2v) is 5.76. The monoisotopic (exact) mass is 219 g/mol. The highest BCUT2D eigenvalue weighted by molar-refractivity contribution is 5.14. The Morgan fingerprint density at radius 2 is 2.25 bits per heavy atom. The first kappa shape index (κ1) is 11.7. The summed E-state index contributed by atoms with van der Waals surface area (Å²) in [5.74, 6) is 0.837. The van der Waals surface area contributed by atoms with Gasteiger partial charge in [-0.3, -0.25) is 0 Å². The number of aliphatic hydroxyl groups excluding tert-OH is 1. The second kappa shape index (κ2) is 4.22. The first-order valence-electron chi connectivity index (χ1n) is 6.34. The van der Waals surface area contributed by atoms with E-state index in [0.717, 1.165) is 32.1 Å². The molecule has 1 N–H and O–H groups in total. The Morgan fingerprint density at radius 1 is 1.56 bits per heavy atom. The standard InChI is InChI=1S/C14H21NO/c1-10-6-11(2)8-12(7-10)13(16)14(9-15)4-3-5-14/h6,10,12-13,16H,3-5,7-8H2,1-2H3. The number of hydrogen-bond acceptors (Lipinski definition) is 2. The molecule has 3 atom stereocenters. The van der Waals surface area contributed by atoms with Gasteiger partial charge in [-0.15, -0.1) is 0 Å². The summed E-state index contributed by atoms with van der Waals surface area (Å²) in [5, 5.41) is 19.7. The number of nitrogens with zero attached hydrogens (tertiary/aromatic N) is 1. The van der Waals surface area contributed by atoms with E-state index >= 15 is 0 Å². The van der Waals surface area contributed by atoms with Crippen LogP contribution in [0.1, 0.15) is 46.0 Å². The minimum Gasteiger partial charge on any atom is -0.391 e. The number of hydrogen-bond donors (Lipinski definition) is 1. The summed E-state index contributed by atoms with van der Waals surface area (Å²) in [4.78, 5) is 0. The van der Waals surface area contributed by atoms with Crippen LogP contribution in [0.25, 0.3) is 0 Å². The molecule has 2 aliphatic carbocycles. The maximum atomic E-state index is 10.4. The smallest absolute Gasteiger partial charge is 0.0835 e. The van der Waals surface area contributed by atoms with Crippen LogP contribution in [0.4, 0.5) is 0 Å². The first-order chi connectivity index (χ1) is 7.57. The molecule has 0 aliphatic heterocycles. The van der Waals surface area contributed by atoms with Crippen LogP contribution < -0.4 is 0 Å². The highest BCUT2D eigenvalue weighted by Crippen LogP contribution is 2.48. The van der Waals surface area contributed by atoms with Crippen LogP contribution in [0.3, 0.4) is 0 Å². The zero-order valence-corrected chi connectivity index (χ0v) is 10.2. The van der Waals surface area contributed by atoms with Crippen LogP contribution in [0.2, 0.25) is 0 Å². The van der Waals surface area contributed by atoms with E-state index in [1.54, 1.807) is 0 Å². The maximum absolute atomic E-state index is 10.4. The molecule has 0 aromatic carbocycles. The van der Waals surface area contributed by atoms with Crippen molar-refractivity contribution in [1.29, 1.82) is 5.26 Å². The number of aliphatic hydroxyl groups is 1. The minimum atomic E-state index is -0.419. The summed E-state index contributed by atoms with van der Waals surface area (Å²) >= 11 is 0. The van der Waals surface area contributed by atoms with Crippen molar-refractivity contribution in [1.82, 2.24) is 0 Å². The molecule has 0 heterocycles. The van der Waals surface area contributed by atoms with Crippen molar-refractivity contribution in [2.45, 2.75) is 52.1 Å². The highest BCUT2D eigenvalue weighted by atomic mass is 16.3. The zero-order valence-electron chi connectivity index (χ0n) is 10.2. The molecular formula is C14H21NO. The van der Waals surface area contributed by atoms with Crippen molar-refractivity contribution in [2.75, 3.05) is 0 Å². The maximum Gasteiger partial charge on any atom is 0.0835 e. The van der Waals surface area contributed by atoms with Crippen LogP contribution in [-0.2, 0) is 0 Å². The van der Waals surface area contributed by atoms with Crippen LogP contribution in [0.15, 0.2) is 11.6 Å². The van der Waals surface area contributed by atoms with Gasteiger partial charge in [0.1, 0.15) is 0 Å². The normalized spacial score (nSPS) is 34.5. The molecule has 2 rings (SSSR count). The number of allylic oxidation sites excluding steroid dienone is 2. The average molecular weight is 219 g/mol. The molecule has 0 aromatic heterocycles. The fourth-order valence-corrected chi connectivity index (χ4v) is 3.32. The summed E-state index contributed by atoms with van der Waals surface area (Å²) < 4.78 is 0. The molecule has 0 bridgehead atoms. The lowest BCUT2D eigenvalue weighted by molar-refractivity contribution is -0.0370. The predicted molar refractivity (Wildman–Crippen MR) is 63.5 cm³/mol. The number of rotatable bonds is 2. The van der Waals surface area contributed by atoms with Crippen molar-refractivity contribution < 1.29 is 5.11 Å². The summed E-state index contributed by atoms with van der Waals surface area (Å²) in [6.07, 6.45) is 6.75. The summed E-state index contributed by atoms with van der Waals surface area (Å²) in [5.41, 5.74) is 0.956. The molecule has 2 aliphatic rings. The molecule has 3 unspecified atom stereocenters. The highest BCUT2D eigenvalue weighted by Gasteiger charge is 2.47. The lowest BCUT2D eigenvalue weighted by Crippen LogP contribution is -2.45. The molecule has 0 amide bonds. The van der Waals surface area contributed by atoms with Gasteiger partial charge in [0.15, 0.2) is 0 Å². The average Bonchev–Trinajstić information content (AvgIpc) is 2.15. The van der Waals surface area contributed by atoms with Crippen LogP contribution in [-0.4, -0.2) is 11.2 Å². The van der Waals surface area contributed by atoms with Crippen LogP contribution >= 0.6 is 0 Å². The minimum absolute atomic E-state index is 0.292. The van der Waals surface area contributed by atoms with E-state index in [1.165, 1.54) is 5.57 Å². The van der Waals surface area contributed by atoms with E-state index < -0.39 is 11.5 Å². The molecule has 0 radical (unpaired) electrons. The fourth-order valence-electron chi connectivity index (χ4n) is 3.32. The first-order valence-corrected chi connectivity index (χ1v) is 6.34. The van der Waals surface area contributed by atoms with Crippen molar-refractivity contribution in [3.8, 4) is 6.07 Å². The van der Waals surface area contributed by atoms with Gasteiger partial charge in [-0.25, -0.2) is 0 Å². The Bertz CT molecular complexity index is 335. The van der Waals surface area contributed by atoms with E-state index in [1.807, 2.05) is 0 Å². The number of nitriles is 1. The van der Waals surface area contributed by atoms with Crippen molar-refractivity contribution in [3.05, 3.63) is 11.6 Å². The fraction of sp³-hybridized carbons (Fsp3) is 0.786. The molecular weight excluding hydrogens is 198 g/mol. The third-order valence-corrected chi connectivity index (χ3v) is 4.31. The Balaban J connectivity index is 2.08. The lowest BCUT2D eigenvalue weighted by atomic mass is 9.61. The Morgan fingerprint density at radius 3 is 2.69 bits per heavy atom. The lowest BCUT2D eigenvalue weighted by Gasteiger charge is -2.44. The van der Waals surface area contributed by atoms with Gasteiger partial charge in [0.05, 0.1) is 17.6 Å². The third kappa shape index (κ3) is 1.89. The summed E-state index contributed by atoms with van der Waals surface area (Å²) in [6.45, 7) is 4.33. The summed E-state index contributed by atoms with van der Waals surface area (Å²) in [7, 11) is 0. The zero-order chi connectivity index (χ0) is 11.8. The van der Waals surface area contributed by atoms with Gasteiger partial charge in [0.25, 0.3) is 0 Å². The van der Waals surface area contributed by atoms with Gasteiger partial charge in [0.2, 0.25) is 0 Å². The van der Waals surface area contributed by atoms with E-state index in [9.17, 15) is 10.4 Å². The molecule has 0 saturated heterocycles. The second-order valence-electron chi connectivity index (χ2n) is 5.76. The van der Waals surface area contributed by atoms with Gasteiger partial charge >= 0.3 is 0 Å². The topological polar surface area (TPSA) is 44.0 Å². The van der Waals surface area contributed by atoms with Gasteiger partial charge < -0.3 is 5.11 Å². The van der Waals surface area contributed by atoms with Crippen molar-refractivity contribution in [2.24, 2.45) is 17.3 Å². The third-order valence-electron chi connectivity index (χ3n) is 4.31. The van der Waals surface area contributed by atoms with Crippen LogP contribution in [0.5, 0.6) is 0 Å². The van der Waals surface area contributed by atoms with E-state index in [4.69, 9.17) is 0 Å². The van der Waals surface area contributed by atoms with Crippen LogP contribution in [0, 0.1) is 28.6 Å². The molecule has 2 heteroatoms. The molecule has 1 saturated carbocycles.